The Morgan fingerprint density at radius 3 is 1.67 bits per heavy atom. The molecule has 0 fully saturated rings. The lowest BCUT2D eigenvalue weighted by Gasteiger charge is -2.36. The Bertz CT molecular complexity index is 564. The van der Waals surface area contributed by atoms with Crippen molar-refractivity contribution in [2.75, 3.05) is 0 Å². The largest absolute Gasteiger partial charge is 0.0617 e. The molecule has 2 aromatic rings. The molecule has 0 bridgehead atoms. The van der Waals surface area contributed by atoms with Crippen molar-refractivity contribution in [2.24, 2.45) is 0 Å². The first-order valence-electron chi connectivity index (χ1n) is 6.70. The molecule has 0 unspecified atom stereocenters. The van der Waals surface area contributed by atoms with E-state index in [1.54, 1.807) is 0 Å². The van der Waals surface area contributed by atoms with E-state index >= 15 is 0 Å². The molecule has 0 amide bonds. The van der Waals surface area contributed by atoms with Gasteiger partial charge in [0.05, 0.1) is 0 Å². The lowest BCUT2D eigenvalue weighted by Crippen LogP contribution is -2.28. The maximum Gasteiger partial charge on any atom is 0.0152 e. The second kappa shape index (κ2) is 3.71. The summed E-state index contributed by atoms with van der Waals surface area (Å²) in [6.07, 6.45) is 1.09. The summed E-state index contributed by atoms with van der Waals surface area (Å²) in [7, 11) is 0. The van der Waals surface area contributed by atoms with Crippen LogP contribution in [0.2, 0.25) is 0 Å². The molecule has 0 atom stereocenters. The van der Waals surface area contributed by atoms with Gasteiger partial charge in [-0.15, -0.1) is 0 Å². The van der Waals surface area contributed by atoms with E-state index in [0.29, 0.717) is 0 Å². The van der Waals surface area contributed by atoms with Gasteiger partial charge in [0.2, 0.25) is 0 Å². The fourth-order valence-electron chi connectivity index (χ4n) is 3.37. The molecule has 0 spiro atoms. The molecule has 0 N–H and O–H groups in total. The van der Waals surface area contributed by atoms with Crippen molar-refractivity contribution < 1.29 is 0 Å². The minimum Gasteiger partial charge on any atom is -0.0617 e. The normalized spacial score (nSPS) is 16.0. The predicted molar refractivity (Wildman–Crippen MR) is 77.3 cm³/mol. The van der Waals surface area contributed by atoms with Crippen LogP contribution >= 0.6 is 0 Å². The first-order valence-corrected chi connectivity index (χ1v) is 6.70. The van der Waals surface area contributed by atoms with Crippen LogP contribution < -0.4 is 0 Å². The SMILES string of the molecule is Cc1cccc2c1Cc1c(C)cccc1C2(C)C. The van der Waals surface area contributed by atoms with Crippen LogP contribution in [-0.2, 0) is 11.8 Å². The quantitative estimate of drug-likeness (QED) is 0.630. The molecule has 0 radical (unpaired) electrons. The molecule has 0 aromatic heterocycles. The molecule has 1 aliphatic carbocycles. The van der Waals surface area contributed by atoms with Gasteiger partial charge in [-0.1, -0.05) is 50.2 Å². The lowest BCUT2D eigenvalue weighted by atomic mass is 9.67. The summed E-state index contributed by atoms with van der Waals surface area (Å²) in [6.45, 7) is 9.17. The second-order valence-corrected chi connectivity index (χ2v) is 6.00. The summed E-state index contributed by atoms with van der Waals surface area (Å²) < 4.78 is 0. The molecule has 0 heteroatoms. The Morgan fingerprint density at radius 1 is 0.778 bits per heavy atom. The molecule has 0 heterocycles. The van der Waals surface area contributed by atoms with E-state index in [0.717, 1.165) is 6.42 Å². The topological polar surface area (TPSA) is 0 Å². The van der Waals surface area contributed by atoms with Crippen molar-refractivity contribution in [3.8, 4) is 0 Å². The Labute approximate surface area is 110 Å². The Hall–Kier alpha value is -1.56. The van der Waals surface area contributed by atoms with Gasteiger partial charge in [-0.2, -0.15) is 0 Å². The van der Waals surface area contributed by atoms with E-state index in [4.69, 9.17) is 0 Å². The van der Waals surface area contributed by atoms with Gasteiger partial charge in [0.25, 0.3) is 0 Å². The van der Waals surface area contributed by atoms with Gasteiger partial charge >= 0.3 is 0 Å². The zero-order chi connectivity index (χ0) is 12.9. The number of rotatable bonds is 0. The second-order valence-electron chi connectivity index (χ2n) is 6.00. The first-order chi connectivity index (χ1) is 8.51. The Balaban J connectivity index is 2.33. The van der Waals surface area contributed by atoms with Crippen LogP contribution in [0.4, 0.5) is 0 Å². The van der Waals surface area contributed by atoms with Crippen LogP contribution in [0, 0.1) is 13.8 Å². The third-order valence-corrected chi connectivity index (χ3v) is 4.52. The third kappa shape index (κ3) is 1.45. The fourth-order valence-corrected chi connectivity index (χ4v) is 3.37. The van der Waals surface area contributed by atoms with Crippen molar-refractivity contribution in [1.29, 1.82) is 0 Å². The summed E-state index contributed by atoms with van der Waals surface area (Å²) in [5.74, 6) is 0. The molecule has 92 valence electrons. The summed E-state index contributed by atoms with van der Waals surface area (Å²) in [6, 6.07) is 13.4. The van der Waals surface area contributed by atoms with E-state index in [-0.39, 0.29) is 5.41 Å². The Kier molecular flexibility index (Phi) is 2.38. The van der Waals surface area contributed by atoms with Crippen molar-refractivity contribution >= 4 is 0 Å². The summed E-state index contributed by atoms with van der Waals surface area (Å²) in [5, 5.41) is 0. The zero-order valence-corrected chi connectivity index (χ0v) is 11.7. The van der Waals surface area contributed by atoms with Crippen LogP contribution in [-0.4, -0.2) is 0 Å². The van der Waals surface area contributed by atoms with Crippen molar-refractivity contribution in [1.82, 2.24) is 0 Å². The van der Waals surface area contributed by atoms with Gasteiger partial charge in [0.15, 0.2) is 0 Å². The number of hydrogen-bond donors (Lipinski definition) is 0. The molecule has 0 nitrogen and oxygen atoms in total. The van der Waals surface area contributed by atoms with Crippen LogP contribution in [0.5, 0.6) is 0 Å². The Morgan fingerprint density at radius 2 is 1.22 bits per heavy atom. The highest BCUT2D eigenvalue weighted by molar-refractivity contribution is 5.56. The highest BCUT2D eigenvalue weighted by Crippen LogP contribution is 2.42. The average Bonchev–Trinajstić information content (AvgIpc) is 2.32. The van der Waals surface area contributed by atoms with Gasteiger partial charge in [0, 0.05) is 5.41 Å². The van der Waals surface area contributed by atoms with Gasteiger partial charge in [0.1, 0.15) is 0 Å². The highest BCUT2D eigenvalue weighted by atomic mass is 14.4. The van der Waals surface area contributed by atoms with E-state index < -0.39 is 0 Å². The summed E-state index contributed by atoms with van der Waals surface area (Å²) >= 11 is 0. The van der Waals surface area contributed by atoms with Crippen molar-refractivity contribution in [3.63, 3.8) is 0 Å². The van der Waals surface area contributed by atoms with E-state index in [1.165, 1.54) is 33.4 Å². The van der Waals surface area contributed by atoms with Gasteiger partial charge in [-0.3, -0.25) is 0 Å². The van der Waals surface area contributed by atoms with Crippen LogP contribution in [0.3, 0.4) is 0 Å². The third-order valence-electron chi connectivity index (χ3n) is 4.52. The molecule has 0 aliphatic heterocycles. The van der Waals surface area contributed by atoms with Gasteiger partial charge in [-0.05, 0) is 53.6 Å². The predicted octanol–water partition coefficient (Wildman–Crippen LogP) is 4.53. The molecule has 18 heavy (non-hydrogen) atoms. The molecule has 1 aliphatic rings. The maximum absolute atomic E-state index is 2.35. The van der Waals surface area contributed by atoms with Gasteiger partial charge < -0.3 is 0 Å². The monoisotopic (exact) mass is 236 g/mol. The molecular formula is C18H20. The van der Waals surface area contributed by atoms with Crippen LogP contribution in [0.25, 0.3) is 0 Å². The minimum absolute atomic E-state index is 0.126. The first kappa shape index (κ1) is 11.5. The smallest absolute Gasteiger partial charge is 0.0152 e. The minimum atomic E-state index is 0.126. The van der Waals surface area contributed by atoms with Crippen molar-refractivity contribution in [2.45, 2.75) is 39.5 Å². The standard InChI is InChI=1S/C18H20/c1-12-7-5-9-16-14(12)11-15-13(2)8-6-10-17(15)18(16,3)4/h5-10H,11H2,1-4H3. The number of hydrogen-bond acceptors (Lipinski definition) is 0. The molecule has 0 saturated carbocycles. The maximum atomic E-state index is 2.35. The van der Waals surface area contributed by atoms with Gasteiger partial charge in [-0.25, -0.2) is 0 Å². The molecule has 3 rings (SSSR count). The number of benzene rings is 2. The number of fused-ring (bicyclic) bond motifs is 2. The average molecular weight is 236 g/mol. The van der Waals surface area contributed by atoms with Crippen LogP contribution in [0.15, 0.2) is 36.4 Å². The molecular weight excluding hydrogens is 216 g/mol. The van der Waals surface area contributed by atoms with Crippen molar-refractivity contribution in [3.05, 3.63) is 69.8 Å². The number of aryl methyl sites for hydroxylation is 2. The van der Waals surface area contributed by atoms with Crippen LogP contribution in [0.1, 0.15) is 47.2 Å². The summed E-state index contributed by atoms with van der Waals surface area (Å²) in [4.78, 5) is 0. The van der Waals surface area contributed by atoms with E-state index in [2.05, 4.69) is 64.1 Å². The summed E-state index contributed by atoms with van der Waals surface area (Å²) in [5.41, 5.74) is 9.04. The molecule has 2 aromatic carbocycles. The molecule has 0 saturated heterocycles. The van der Waals surface area contributed by atoms with E-state index in [1.807, 2.05) is 0 Å². The lowest BCUT2D eigenvalue weighted by molar-refractivity contribution is 0.608. The zero-order valence-electron chi connectivity index (χ0n) is 11.7. The highest BCUT2D eigenvalue weighted by Gasteiger charge is 2.33. The van der Waals surface area contributed by atoms with E-state index in [9.17, 15) is 0 Å². The fraction of sp³-hybridized carbons (Fsp3) is 0.333.